The van der Waals surface area contributed by atoms with Crippen LogP contribution in [-0.4, -0.2) is 24.9 Å². The largest absolute Gasteiger partial charge is 0.355 e. The number of halogens is 2. The summed E-state index contributed by atoms with van der Waals surface area (Å²) < 4.78 is 0. The van der Waals surface area contributed by atoms with Gasteiger partial charge in [-0.25, -0.2) is 0 Å². The number of hydrogen-bond acceptors (Lipinski definition) is 2. The Balaban J connectivity index is 1.99. The van der Waals surface area contributed by atoms with Gasteiger partial charge in [-0.1, -0.05) is 41.4 Å². The van der Waals surface area contributed by atoms with E-state index in [2.05, 4.69) is 10.2 Å². The third-order valence-electron chi connectivity index (χ3n) is 3.35. The number of benzene rings is 2. The smallest absolute Gasteiger partial charge is 0.251 e. The fourth-order valence-corrected chi connectivity index (χ4v) is 2.68. The van der Waals surface area contributed by atoms with Crippen molar-refractivity contribution in [3.05, 3.63) is 69.2 Å². The third-order valence-corrected chi connectivity index (χ3v) is 3.94. The van der Waals surface area contributed by atoms with Gasteiger partial charge in [0.25, 0.3) is 5.91 Å². The van der Waals surface area contributed by atoms with Crippen LogP contribution in [0.2, 0.25) is 10.0 Å². The molecule has 0 bridgehead atoms. The molecule has 0 atom stereocenters. The highest BCUT2D eigenvalue weighted by Gasteiger charge is 2.07. The lowest BCUT2D eigenvalue weighted by molar-refractivity contribution is 0.0963. The fourth-order valence-electron chi connectivity index (χ4n) is 2.21. The molecule has 0 aromatic heterocycles. The molecule has 2 rings (SSSR count). The lowest BCUT2D eigenvalue weighted by Crippen LogP contribution is -2.19. The van der Waals surface area contributed by atoms with Crippen molar-refractivity contribution in [2.45, 2.75) is 13.1 Å². The van der Waals surface area contributed by atoms with Gasteiger partial charge in [-0.15, -0.1) is 0 Å². The second-order valence-corrected chi connectivity index (χ2v) is 6.03. The summed E-state index contributed by atoms with van der Waals surface area (Å²) in [4.78, 5) is 13.7. The Labute approximate surface area is 140 Å². The summed E-state index contributed by atoms with van der Waals surface area (Å²) in [5, 5.41) is 3.93. The molecule has 0 saturated heterocycles. The van der Waals surface area contributed by atoms with E-state index in [1.165, 1.54) is 0 Å². The number of rotatable bonds is 5. The molecular formula is C17H18Cl2N2O. The number of nitrogens with zero attached hydrogens (tertiary/aromatic N) is 1. The average Bonchev–Trinajstić information content (AvgIpc) is 2.50. The van der Waals surface area contributed by atoms with Crippen molar-refractivity contribution in [1.29, 1.82) is 0 Å². The summed E-state index contributed by atoms with van der Waals surface area (Å²) in [5.74, 6) is -0.0761. The van der Waals surface area contributed by atoms with E-state index < -0.39 is 0 Å². The first-order valence-corrected chi connectivity index (χ1v) is 7.68. The molecule has 0 spiro atoms. The first-order chi connectivity index (χ1) is 10.5. The molecular weight excluding hydrogens is 319 g/mol. The summed E-state index contributed by atoms with van der Waals surface area (Å²) >= 11 is 12.1. The predicted octanol–water partition coefficient (Wildman–Crippen LogP) is 3.99. The monoisotopic (exact) mass is 336 g/mol. The molecule has 0 radical (unpaired) electrons. The van der Waals surface area contributed by atoms with Crippen molar-refractivity contribution in [3.8, 4) is 0 Å². The Morgan fingerprint density at radius 2 is 1.77 bits per heavy atom. The molecule has 5 heteroatoms. The van der Waals surface area contributed by atoms with Gasteiger partial charge < -0.3 is 5.32 Å². The molecule has 0 heterocycles. The van der Waals surface area contributed by atoms with Gasteiger partial charge in [0.15, 0.2) is 0 Å². The van der Waals surface area contributed by atoms with Crippen LogP contribution in [0.5, 0.6) is 0 Å². The van der Waals surface area contributed by atoms with Crippen molar-refractivity contribution < 1.29 is 4.79 Å². The quantitative estimate of drug-likeness (QED) is 0.895. The van der Waals surface area contributed by atoms with Crippen LogP contribution in [-0.2, 0) is 13.1 Å². The normalized spacial score (nSPS) is 10.8. The van der Waals surface area contributed by atoms with E-state index in [1.807, 2.05) is 43.4 Å². The minimum Gasteiger partial charge on any atom is -0.355 e. The van der Waals surface area contributed by atoms with Gasteiger partial charge >= 0.3 is 0 Å². The molecule has 22 heavy (non-hydrogen) atoms. The zero-order valence-electron chi connectivity index (χ0n) is 12.6. The molecule has 0 aliphatic rings. The Kier molecular flexibility index (Phi) is 5.83. The van der Waals surface area contributed by atoms with E-state index in [4.69, 9.17) is 23.2 Å². The van der Waals surface area contributed by atoms with E-state index >= 15 is 0 Å². The number of hydrogen-bond donors (Lipinski definition) is 1. The van der Waals surface area contributed by atoms with Gasteiger partial charge in [0, 0.05) is 35.7 Å². The van der Waals surface area contributed by atoms with Crippen molar-refractivity contribution in [2.75, 3.05) is 14.1 Å². The van der Waals surface area contributed by atoms with Gasteiger partial charge in [-0.05, 0) is 42.4 Å². The van der Waals surface area contributed by atoms with E-state index in [0.717, 1.165) is 24.2 Å². The number of nitrogens with one attached hydrogen (secondary N) is 1. The maximum Gasteiger partial charge on any atom is 0.251 e. The maximum absolute atomic E-state index is 11.5. The molecule has 2 aromatic carbocycles. The molecule has 1 N–H and O–H groups in total. The van der Waals surface area contributed by atoms with Crippen molar-refractivity contribution in [1.82, 2.24) is 10.2 Å². The number of carbonyl (C=O) groups excluding carboxylic acids is 1. The van der Waals surface area contributed by atoms with E-state index in [-0.39, 0.29) is 5.91 Å². The molecule has 0 aliphatic carbocycles. The highest BCUT2D eigenvalue weighted by atomic mass is 35.5. The van der Waals surface area contributed by atoms with Gasteiger partial charge in [0.05, 0.1) is 0 Å². The topological polar surface area (TPSA) is 32.3 Å². The molecule has 0 unspecified atom stereocenters. The molecule has 3 nitrogen and oxygen atoms in total. The Hall–Kier alpha value is -1.55. The van der Waals surface area contributed by atoms with Crippen molar-refractivity contribution in [2.24, 2.45) is 0 Å². The van der Waals surface area contributed by atoms with Crippen LogP contribution in [0.4, 0.5) is 0 Å². The van der Waals surface area contributed by atoms with Crippen LogP contribution in [0.1, 0.15) is 21.5 Å². The highest BCUT2D eigenvalue weighted by Crippen LogP contribution is 2.22. The van der Waals surface area contributed by atoms with Crippen molar-refractivity contribution in [3.63, 3.8) is 0 Å². The summed E-state index contributed by atoms with van der Waals surface area (Å²) in [6.07, 6.45) is 0. The van der Waals surface area contributed by atoms with E-state index in [9.17, 15) is 4.79 Å². The first-order valence-electron chi connectivity index (χ1n) is 6.93. The minimum absolute atomic E-state index is 0.0761. The Morgan fingerprint density at radius 1 is 1.09 bits per heavy atom. The van der Waals surface area contributed by atoms with Crippen LogP contribution < -0.4 is 5.32 Å². The molecule has 0 saturated carbocycles. The van der Waals surface area contributed by atoms with Crippen LogP contribution in [0.15, 0.2) is 42.5 Å². The lowest BCUT2D eigenvalue weighted by atomic mass is 10.1. The van der Waals surface area contributed by atoms with E-state index in [1.54, 1.807) is 13.1 Å². The summed E-state index contributed by atoms with van der Waals surface area (Å²) in [6.45, 7) is 1.50. The molecule has 0 aliphatic heterocycles. The van der Waals surface area contributed by atoms with Gasteiger partial charge in [0.1, 0.15) is 0 Å². The van der Waals surface area contributed by atoms with Crippen molar-refractivity contribution >= 4 is 29.1 Å². The van der Waals surface area contributed by atoms with E-state index in [0.29, 0.717) is 15.6 Å². The SMILES string of the molecule is CNC(=O)c1ccc(CN(C)Cc2ccc(Cl)cc2Cl)cc1. The number of carbonyl (C=O) groups is 1. The molecule has 1 amide bonds. The standard InChI is InChI=1S/C17H18Cl2N2O/c1-20-17(22)13-5-3-12(4-6-13)10-21(2)11-14-7-8-15(18)9-16(14)19/h3-9H,10-11H2,1-2H3,(H,20,22). The minimum atomic E-state index is -0.0761. The third kappa shape index (κ3) is 4.47. The molecule has 2 aromatic rings. The average molecular weight is 337 g/mol. The van der Waals surface area contributed by atoms with Crippen LogP contribution in [0.25, 0.3) is 0 Å². The summed E-state index contributed by atoms with van der Waals surface area (Å²) in [5.41, 5.74) is 2.84. The molecule has 0 fully saturated rings. The lowest BCUT2D eigenvalue weighted by Gasteiger charge is -2.18. The van der Waals surface area contributed by atoms with Crippen LogP contribution >= 0.6 is 23.2 Å². The second-order valence-electron chi connectivity index (χ2n) is 5.18. The number of amides is 1. The van der Waals surface area contributed by atoms with Crippen LogP contribution in [0.3, 0.4) is 0 Å². The van der Waals surface area contributed by atoms with Gasteiger partial charge in [0.2, 0.25) is 0 Å². The molecule has 116 valence electrons. The zero-order chi connectivity index (χ0) is 16.1. The predicted molar refractivity (Wildman–Crippen MR) is 91.5 cm³/mol. The second kappa shape index (κ2) is 7.63. The Morgan fingerprint density at radius 3 is 2.36 bits per heavy atom. The first kappa shape index (κ1) is 16.8. The van der Waals surface area contributed by atoms with Gasteiger partial charge in [-0.3, -0.25) is 9.69 Å². The fraction of sp³-hybridized carbons (Fsp3) is 0.235. The summed E-state index contributed by atoms with van der Waals surface area (Å²) in [7, 11) is 3.65. The Bertz CT molecular complexity index is 656. The summed E-state index contributed by atoms with van der Waals surface area (Å²) in [6, 6.07) is 13.1. The maximum atomic E-state index is 11.5. The van der Waals surface area contributed by atoms with Crippen LogP contribution in [0, 0.1) is 0 Å². The highest BCUT2D eigenvalue weighted by molar-refractivity contribution is 6.35. The van der Waals surface area contributed by atoms with Gasteiger partial charge in [-0.2, -0.15) is 0 Å². The zero-order valence-corrected chi connectivity index (χ0v) is 14.1.